The van der Waals surface area contributed by atoms with Crippen LogP contribution in [-0.4, -0.2) is 72.8 Å². The number of alkyl carbamates (subject to hydrolysis) is 1. The van der Waals surface area contributed by atoms with Gasteiger partial charge in [0.1, 0.15) is 12.2 Å². The number of carbonyl (C=O) groups excluding carboxylic acids is 2. The van der Waals surface area contributed by atoms with Crippen molar-refractivity contribution in [2.75, 3.05) is 32.8 Å². The normalized spacial score (nSPS) is 27.2. The first-order chi connectivity index (χ1) is 11.2. The van der Waals surface area contributed by atoms with E-state index in [4.69, 9.17) is 14.2 Å². The summed E-state index contributed by atoms with van der Waals surface area (Å²) < 4.78 is 15.8. The minimum absolute atomic E-state index is 0.0181. The highest BCUT2D eigenvalue weighted by Gasteiger charge is 2.36. The van der Waals surface area contributed by atoms with Crippen LogP contribution < -0.4 is 5.32 Å². The Hall–Kier alpha value is -1.54. The number of aliphatic hydroxyl groups is 1. The number of rotatable bonds is 4. The maximum Gasteiger partial charge on any atom is 0.410 e. The molecule has 0 bridgehead atoms. The molecular formula is C16H28N2O6. The molecule has 0 radical (unpaired) electrons. The number of likely N-dealkylation sites (tertiary alicyclic amines) is 1. The number of nitrogens with one attached hydrogen (secondary N) is 1. The molecule has 0 aromatic rings. The van der Waals surface area contributed by atoms with Gasteiger partial charge in [-0.25, -0.2) is 9.59 Å². The predicted octanol–water partition coefficient (Wildman–Crippen LogP) is 1.12. The fourth-order valence-electron chi connectivity index (χ4n) is 2.74. The molecule has 2 rings (SSSR count). The maximum atomic E-state index is 12.0. The van der Waals surface area contributed by atoms with Crippen molar-refractivity contribution in [2.24, 2.45) is 5.92 Å². The van der Waals surface area contributed by atoms with Crippen molar-refractivity contribution in [1.82, 2.24) is 10.2 Å². The largest absolute Gasteiger partial charge is 0.447 e. The SMILES string of the molecule is CC(C)(C)OC(=O)N1C[C@H](CNC(=O)OC[C@H]2CCCO2)[C@@H](O)C1. The highest BCUT2D eigenvalue weighted by Crippen LogP contribution is 2.19. The molecule has 2 saturated heterocycles. The third kappa shape index (κ3) is 5.83. The lowest BCUT2D eigenvalue weighted by Crippen LogP contribution is -2.37. The van der Waals surface area contributed by atoms with Crippen LogP contribution in [0.25, 0.3) is 0 Å². The van der Waals surface area contributed by atoms with Crippen LogP contribution in [0.15, 0.2) is 0 Å². The Bertz CT molecular complexity index is 444. The second-order valence-electron chi connectivity index (χ2n) is 7.33. The minimum atomic E-state index is -0.698. The standard InChI is InChI=1S/C16H28N2O6/c1-16(2,3)24-15(21)18-8-11(13(19)9-18)7-17-14(20)23-10-12-5-4-6-22-12/h11-13,19H,4-10H2,1-3H3,(H,17,20)/t11-,12+,13-/m0/s1. The fourth-order valence-corrected chi connectivity index (χ4v) is 2.74. The zero-order valence-electron chi connectivity index (χ0n) is 14.6. The van der Waals surface area contributed by atoms with Gasteiger partial charge in [-0.1, -0.05) is 0 Å². The summed E-state index contributed by atoms with van der Waals surface area (Å²) in [4.78, 5) is 25.2. The lowest BCUT2D eigenvalue weighted by Gasteiger charge is -2.24. The number of nitrogens with zero attached hydrogens (tertiary/aromatic N) is 1. The highest BCUT2D eigenvalue weighted by atomic mass is 16.6. The number of hydrogen-bond acceptors (Lipinski definition) is 6. The Morgan fingerprint density at radius 2 is 2.08 bits per heavy atom. The quantitative estimate of drug-likeness (QED) is 0.793. The molecule has 2 aliphatic heterocycles. The molecule has 0 spiro atoms. The topological polar surface area (TPSA) is 97.3 Å². The first-order valence-corrected chi connectivity index (χ1v) is 8.43. The smallest absolute Gasteiger partial charge is 0.410 e. The third-order valence-electron chi connectivity index (χ3n) is 3.99. The summed E-state index contributed by atoms with van der Waals surface area (Å²) in [5.41, 5.74) is -0.579. The molecule has 8 heteroatoms. The van der Waals surface area contributed by atoms with Crippen molar-refractivity contribution in [2.45, 2.75) is 51.4 Å². The van der Waals surface area contributed by atoms with E-state index in [-0.39, 0.29) is 31.7 Å². The van der Waals surface area contributed by atoms with E-state index in [9.17, 15) is 14.7 Å². The lowest BCUT2D eigenvalue weighted by molar-refractivity contribution is 0.0270. The maximum absolute atomic E-state index is 12.0. The second-order valence-corrected chi connectivity index (χ2v) is 7.33. The van der Waals surface area contributed by atoms with E-state index in [1.165, 1.54) is 4.90 Å². The Labute approximate surface area is 142 Å². The van der Waals surface area contributed by atoms with E-state index >= 15 is 0 Å². The first kappa shape index (κ1) is 18.8. The molecule has 2 amide bonds. The van der Waals surface area contributed by atoms with Gasteiger partial charge in [-0.2, -0.15) is 0 Å². The van der Waals surface area contributed by atoms with Crippen molar-refractivity contribution in [3.63, 3.8) is 0 Å². The number of ether oxygens (including phenoxy) is 3. The van der Waals surface area contributed by atoms with Crippen molar-refractivity contribution in [3.05, 3.63) is 0 Å². The molecule has 0 aliphatic carbocycles. The summed E-state index contributed by atoms with van der Waals surface area (Å²) in [6, 6.07) is 0. The van der Waals surface area contributed by atoms with Gasteiger partial charge < -0.3 is 29.5 Å². The lowest BCUT2D eigenvalue weighted by atomic mass is 10.1. The molecule has 8 nitrogen and oxygen atoms in total. The van der Waals surface area contributed by atoms with Gasteiger partial charge in [-0.3, -0.25) is 0 Å². The van der Waals surface area contributed by atoms with Crippen molar-refractivity contribution in [1.29, 1.82) is 0 Å². The highest BCUT2D eigenvalue weighted by molar-refractivity contribution is 5.69. The number of amides is 2. The third-order valence-corrected chi connectivity index (χ3v) is 3.99. The van der Waals surface area contributed by atoms with Gasteiger partial charge in [0.2, 0.25) is 0 Å². The molecule has 138 valence electrons. The first-order valence-electron chi connectivity index (χ1n) is 8.43. The van der Waals surface area contributed by atoms with Crippen LogP contribution in [0.1, 0.15) is 33.6 Å². The van der Waals surface area contributed by atoms with Gasteiger partial charge in [-0.05, 0) is 33.6 Å². The zero-order valence-corrected chi connectivity index (χ0v) is 14.6. The minimum Gasteiger partial charge on any atom is -0.447 e. The molecule has 0 saturated carbocycles. The van der Waals surface area contributed by atoms with Gasteiger partial charge in [0.05, 0.1) is 18.8 Å². The average molecular weight is 344 g/mol. The van der Waals surface area contributed by atoms with Crippen LogP contribution in [0.3, 0.4) is 0 Å². The summed E-state index contributed by atoms with van der Waals surface area (Å²) in [6.07, 6.45) is 0.189. The molecule has 2 aliphatic rings. The average Bonchev–Trinajstić information content (AvgIpc) is 3.10. The summed E-state index contributed by atoms with van der Waals surface area (Å²) >= 11 is 0. The van der Waals surface area contributed by atoms with Crippen LogP contribution in [0.4, 0.5) is 9.59 Å². The van der Waals surface area contributed by atoms with Crippen molar-refractivity contribution < 1.29 is 28.9 Å². The number of carbonyl (C=O) groups is 2. The van der Waals surface area contributed by atoms with Gasteiger partial charge in [0.15, 0.2) is 0 Å². The molecule has 0 unspecified atom stereocenters. The Morgan fingerprint density at radius 1 is 1.33 bits per heavy atom. The molecule has 0 aromatic carbocycles. The summed E-state index contributed by atoms with van der Waals surface area (Å²) in [5, 5.41) is 12.7. The van der Waals surface area contributed by atoms with Crippen LogP contribution in [-0.2, 0) is 14.2 Å². The van der Waals surface area contributed by atoms with Gasteiger partial charge in [-0.15, -0.1) is 0 Å². The molecule has 0 aromatic heterocycles. The van der Waals surface area contributed by atoms with Gasteiger partial charge in [0.25, 0.3) is 0 Å². The van der Waals surface area contributed by atoms with E-state index in [0.29, 0.717) is 13.2 Å². The molecule has 2 fully saturated rings. The van der Waals surface area contributed by atoms with Crippen LogP contribution in [0.2, 0.25) is 0 Å². The van der Waals surface area contributed by atoms with Crippen LogP contribution in [0, 0.1) is 5.92 Å². The zero-order chi connectivity index (χ0) is 17.7. The summed E-state index contributed by atoms with van der Waals surface area (Å²) in [6.45, 7) is 7.11. The number of aliphatic hydroxyl groups excluding tert-OH is 1. The molecule has 2 heterocycles. The monoisotopic (exact) mass is 344 g/mol. The number of β-amino-alcohol motifs (C(OH)–C–C–N with tert-alkyl or cyclic N) is 1. The summed E-state index contributed by atoms with van der Waals surface area (Å²) in [7, 11) is 0. The van der Waals surface area contributed by atoms with Crippen LogP contribution in [0.5, 0.6) is 0 Å². The number of hydrogen-bond donors (Lipinski definition) is 2. The summed E-state index contributed by atoms with van der Waals surface area (Å²) in [5.74, 6) is -0.243. The van der Waals surface area contributed by atoms with E-state index < -0.39 is 23.9 Å². The van der Waals surface area contributed by atoms with E-state index in [2.05, 4.69) is 5.32 Å². The van der Waals surface area contributed by atoms with Crippen LogP contribution >= 0.6 is 0 Å². The van der Waals surface area contributed by atoms with E-state index in [1.54, 1.807) is 20.8 Å². The molecule has 2 N–H and O–H groups in total. The van der Waals surface area contributed by atoms with Crippen molar-refractivity contribution >= 4 is 12.2 Å². The fraction of sp³-hybridized carbons (Fsp3) is 0.875. The van der Waals surface area contributed by atoms with E-state index in [0.717, 1.165) is 12.8 Å². The molecule has 24 heavy (non-hydrogen) atoms. The predicted molar refractivity (Wildman–Crippen MR) is 85.6 cm³/mol. The van der Waals surface area contributed by atoms with Crippen molar-refractivity contribution in [3.8, 4) is 0 Å². The molecule has 3 atom stereocenters. The van der Waals surface area contributed by atoms with E-state index in [1.807, 2.05) is 0 Å². The molecular weight excluding hydrogens is 316 g/mol. The van der Waals surface area contributed by atoms with Gasteiger partial charge >= 0.3 is 12.2 Å². The Kier molecular flexibility index (Phi) is 6.28. The second kappa shape index (κ2) is 8.02. The van der Waals surface area contributed by atoms with Gasteiger partial charge in [0, 0.05) is 25.6 Å². The Morgan fingerprint density at radius 3 is 2.71 bits per heavy atom. The Balaban J connectivity index is 1.68.